The third kappa shape index (κ3) is 3.70. The van der Waals surface area contributed by atoms with Gasteiger partial charge in [0.05, 0.1) is 11.4 Å². The molecule has 0 spiro atoms. The molecule has 0 aliphatic carbocycles. The molecule has 0 aliphatic heterocycles. The van der Waals surface area contributed by atoms with E-state index in [0.717, 1.165) is 30.7 Å². The molecule has 4 heteroatoms. The molecule has 1 N–H and O–H groups in total. The Balaban J connectivity index is 2.81. The normalized spacial score (nSPS) is 11.9. The molecule has 0 aliphatic rings. The SMILES string of the molecule is C#CCC(CC)Nc1nnc(CC)c(CC)n1. The molecule has 0 bridgehead atoms. The fourth-order valence-corrected chi connectivity index (χ4v) is 1.62. The molecule has 0 aromatic carbocycles. The Morgan fingerprint density at radius 2 is 1.88 bits per heavy atom. The minimum atomic E-state index is 0.221. The van der Waals surface area contributed by atoms with Gasteiger partial charge < -0.3 is 5.32 Å². The van der Waals surface area contributed by atoms with E-state index in [1.165, 1.54) is 0 Å². The molecule has 0 amide bonds. The predicted molar refractivity (Wildman–Crippen MR) is 69.7 cm³/mol. The van der Waals surface area contributed by atoms with Gasteiger partial charge in [-0.2, -0.15) is 5.10 Å². The highest BCUT2D eigenvalue weighted by molar-refractivity contribution is 5.27. The Hall–Kier alpha value is -1.63. The first kappa shape index (κ1) is 13.4. The number of hydrogen-bond donors (Lipinski definition) is 1. The van der Waals surface area contributed by atoms with Gasteiger partial charge in [-0.25, -0.2) is 4.98 Å². The van der Waals surface area contributed by atoms with Gasteiger partial charge in [0.25, 0.3) is 0 Å². The van der Waals surface area contributed by atoms with E-state index in [-0.39, 0.29) is 6.04 Å². The van der Waals surface area contributed by atoms with Crippen molar-refractivity contribution in [2.75, 3.05) is 5.32 Å². The monoisotopic (exact) mass is 232 g/mol. The molecule has 17 heavy (non-hydrogen) atoms. The lowest BCUT2D eigenvalue weighted by Crippen LogP contribution is -2.20. The molecule has 92 valence electrons. The average molecular weight is 232 g/mol. The van der Waals surface area contributed by atoms with Gasteiger partial charge in [-0.1, -0.05) is 20.8 Å². The standard InChI is InChI=1S/C13H20N4/c1-5-9-10(6-2)14-13-15-11(7-3)12(8-4)16-17-13/h1,10H,6-9H2,2-4H3,(H,14,15,17). The highest BCUT2D eigenvalue weighted by Crippen LogP contribution is 2.09. The summed E-state index contributed by atoms with van der Waals surface area (Å²) in [6.07, 6.45) is 8.68. The second kappa shape index (κ2) is 6.85. The van der Waals surface area contributed by atoms with Gasteiger partial charge in [0.2, 0.25) is 5.95 Å². The van der Waals surface area contributed by atoms with Crippen molar-refractivity contribution in [2.24, 2.45) is 0 Å². The number of hydrogen-bond acceptors (Lipinski definition) is 4. The van der Waals surface area contributed by atoms with Crippen molar-refractivity contribution >= 4 is 5.95 Å². The third-order valence-corrected chi connectivity index (χ3v) is 2.70. The first-order valence-corrected chi connectivity index (χ1v) is 6.17. The van der Waals surface area contributed by atoms with Crippen LogP contribution in [0.4, 0.5) is 5.95 Å². The van der Waals surface area contributed by atoms with E-state index in [1.54, 1.807) is 0 Å². The van der Waals surface area contributed by atoms with E-state index < -0.39 is 0 Å². The summed E-state index contributed by atoms with van der Waals surface area (Å²) in [7, 11) is 0. The minimum Gasteiger partial charge on any atom is -0.349 e. The van der Waals surface area contributed by atoms with Crippen LogP contribution in [0.25, 0.3) is 0 Å². The van der Waals surface area contributed by atoms with Gasteiger partial charge in [0.1, 0.15) is 0 Å². The summed E-state index contributed by atoms with van der Waals surface area (Å²) in [5, 5.41) is 11.5. The van der Waals surface area contributed by atoms with Crippen molar-refractivity contribution in [2.45, 2.75) is 52.5 Å². The lowest BCUT2D eigenvalue weighted by atomic mass is 10.1. The van der Waals surface area contributed by atoms with Crippen molar-refractivity contribution in [1.29, 1.82) is 0 Å². The van der Waals surface area contributed by atoms with Crippen molar-refractivity contribution < 1.29 is 0 Å². The van der Waals surface area contributed by atoms with Crippen LogP contribution in [0.3, 0.4) is 0 Å². The second-order valence-corrected chi connectivity index (χ2v) is 3.89. The molecule has 1 rings (SSSR count). The summed E-state index contributed by atoms with van der Waals surface area (Å²) in [5.74, 6) is 3.24. The molecule has 1 aromatic heterocycles. The smallest absolute Gasteiger partial charge is 0.243 e. The number of terminal acetylenes is 1. The van der Waals surface area contributed by atoms with Gasteiger partial charge in [-0.15, -0.1) is 17.4 Å². The van der Waals surface area contributed by atoms with Crippen molar-refractivity contribution in [1.82, 2.24) is 15.2 Å². The Labute approximate surface area is 103 Å². The topological polar surface area (TPSA) is 50.7 Å². The first-order chi connectivity index (χ1) is 8.24. The molecule has 0 radical (unpaired) electrons. The molecule has 1 atom stereocenters. The first-order valence-electron chi connectivity index (χ1n) is 6.17. The van der Waals surface area contributed by atoms with Crippen LogP contribution in [-0.4, -0.2) is 21.2 Å². The van der Waals surface area contributed by atoms with Gasteiger partial charge in [-0.3, -0.25) is 0 Å². The quantitative estimate of drug-likeness (QED) is 0.764. The number of aromatic nitrogens is 3. The third-order valence-electron chi connectivity index (χ3n) is 2.70. The summed E-state index contributed by atoms with van der Waals surface area (Å²) < 4.78 is 0. The van der Waals surface area contributed by atoms with Gasteiger partial charge in [0, 0.05) is 12.5 Å². The lowest BCUT2D eigenvalue weighted by molar-refractivity contribution is 0.695. The molecule has 0 saturated heterocycles. The largest absolute Gasteiger partial charge is 0.349 e. The summed E-state index contributed by atoms with van der Waals surface area (Å²) >= 11 is 0. The van der Waals surface area contributed by atoms with Crippen LogP contribution >= 0.6 is 0 Å². The molecule has 0 saturated carbocycles. The molecule has 1 heterocycles. The van der Waals surface area contributed by atoms with Gasteiger partial charge >= 0.3 is 0 Å². The molecular formula is C13H20N4. The van der Waals surface area contributed by atoms with E-state index >= 15 is 0 Å². The molecule has 0 fully saturated rings. The fourth-order valence-electron chi connectivity index (χ4n) is 1.62. The van der Waals surface area contributed by atoms with Gasteiger partial charge in [-0.05, 0) is 19.3 Å². The van der Waals surface area contributed by atoms with Crippen LogP contribution in [0.1, 0.15) is 45.0 Å². The summed E-state index contributed by atoms with van der Waals surface area (Å²) in [6, 6.07) is 0.221. The maximum atomic E-state index is 5.31. The predicted octanol–water partition coefficient (Wildman–Crippen LogP) is 2.21. The van der Waals surface area contributed by atoms with E-state index in [0.29, 0.717) is 12.4 Å². The number of aryl methyl sites for hydroxylation is 2. The van der Waals surface area contributed by atoms with Crippen molar-refractivity contribution in [3.05, 3.63) is 11.4 Å². The Kier molecular flexibility index (Phi) is 5.41. The van der Waals surface area contributed by atoms with Crippen LogP contribution in [0.15, 0.2) is 0 Å². The van der Waals surface area contributed by atoms with Crippen molar-refractivity contribution in [3.63, 3.8) is 0 Å². The van der Waals surface area contributed by atoms with Crippen LogP contribution in [0.5, 0.6) is 0 Å². The van der Waals surface area contributed by atoms with Crippen molar-refractivity contribution in [3.8, 4) is 12.3 Å². The number of nitrogens with zero attached hydrogens (tertiary/aromatic N) is 3. The van der Waals surface area contributed by atoms with E-state index in [1.807, 2.05) is 0 Å². The zero-order valence-corrected chi connectivity index (χ0v) is 10.8. The van der Waals surface area contributed by atoms with Crippen LogP contribution in [-0.2, 0) is 12.8 Å². The fraction of sp³-hybridized carbons (Fsp3) is 0.615. The Morgan fingerprint density at radius 1 is 1.18 bits per heavy atom. The average Bonchev–Trinajstić information content (AvgIpc) is 2.38. The number of anilines is 1. The van der Waals surface area contributed by atoms with Crippen LogP contribution in [0.2, 0.25) is 0 Å². The van der Waals surface area contributed by atoms with Crippen LogP contribution < -0.4 is 5.32 Å². The van der Waals surface area contributed by atoms with Crippen LogP contribution in [0, 0.1) is 12.3 Å². The zero-order chi connectivity index (χ0) is 12.7. The van der Waals surface area contributed by atoms with Gasteiger partial charge in [0.15, 0.2) is 0 Å². The molecule has 1 aromatic rings. The summed E-state index contributed by atoms with van der Waals surface area (Å²) in [5.41, 5.74) is 1.99. The molecular weight excluding hydrogens is 212 g/mol. The maximum absolute atomic E-state index is 5.31. The second-order valence-electron chi connectivity index (χ2n) is 3.89. The zero-order valence-electron chi connectivity index (χ0n) is 10.8. The lowest BCUT2D eigenvalue weighted by Gasteiger charge is -2.14. The Bertz CT molecular complexity index is 395. The Morgan fingerprint density at radius 3 is 2.41 bits per heavy atom. The number of rotatable bonds is 6. The highest BCUT2D eigenvalue weighted by atomic mass is 15.2. The summed E-state index contributed by atoms with van der Waals surface area (Å²) in [6.45, 7) is 6.22. The molecule has 4 nitrogen and oxygen atoms in total. The highest BCUT2D eigenvalue weighted by Gasteiger charge is 2.09. The molecule has 1 unspecified atom stereocenters. The van der Waals surface area contributed by atoms with E-state index in [9.17, 15) is 0 Å². The van der Waals surface area contributed by atoms with E-state index in [4.69, 9.17) is 6.42 Å². The minimum absolute atomic E-state index is 0.221. The number of nitrogens with one attached hydrogen (secondary N) is 1. The summed E-state index contributed by atoms with van der Waals surface area (Å²) in [4.78, 5) is 4.48. The van der Waals surface area contributed by atoms with E-state index in [2.05, 4.69) is 47.2 Å². The maximum Gasteiger partial charge on any atom is 0.243 e.